The average molecular weight is 294 g/mol. The van der Waals surface area contributed by atoms with Crippen molar-refractivity contribution in [2.24, 2.45) is 0 Å². The summed E-state index contributed by atoms with van der Waals surface area (Å²) in [7, 11) is 0. The monoisotopic (exact) mass is 294 g/mol. The molecule has 1 aromatic heterocycles. The number of aliphatic hydroxyl groups is 1. The van der Waals surface area contributed by atoms with Crippen molar-refractivity contribution >= 4 is 11.7 Å². The highest BCUT2D eigenvalue weighted by molar-refractivity contribution is 5.77. The maximum Gasteiger partial charge on any atom is 0.248 e. The van der Waals surface area contributed by atoms with Crippen LogP contribution in [0.3, 0.4) is 0 Å². The van der Waals surface area contributed by atoms with Gasteiger partial charge in [-0.15, -0.1) is 0 Å². The summed E-state index contributed by atoms with van der Waals surface area (Å²) in [6.07, 6.45) is 2.13. The number of carbonyl (C=O) groups is 1. The van der Waals surface area contributed by atoms with Crippen LogP contribution in [0.15, 0.2) is 6.20 Å². The van der Waals surface area contributed by atoms with Crippen molar-refractivity contribution in [2.45, 2.75) is 39.7 Å². The average Bonchev–Trinajstić information content (AvgIpc) is 2.92. The fourth-order valence-corrected chi connectivity index (χ4v) is 2.58. The van der Waals surface area contributed by atoms with Gasteiger partial charge in [0.2, 0.25) is 5.91 Å². The second-order valence-electron chi connectivity index (χ2n) is 6.16. The number of carbonyl (C=O) groups excluding carboxylic acids is 1. The first-order chi connectivity index (χ1) is 9.93. The molecule has 1 saturated heterocycles. The molecule has 0 unspecified atom stereocenters. The van der Waals surface area contributed by atoms with Crippen molar-refractivity contribution < 1.29 is 9.90 Å². The normalized spacial score (nSPS) is 16.1. The van der Waals surface area contributed by atoms with Crippen molar-refractivity contribution in [2.75, 3.05) is 37.7 Å². The fourth-order valence-electron chi connectivity index (χ4n) is 2.58. The smallest absolute Gasteiger partial charge is 0.248 e. The lowest BCUT2D eigenvalue weighted by Gasteiger charge is -2.35. The van der Waals surface area contributed by atoms with Gasteiger partial charge in [-0.25, -0.2) is 0 Å². The maximum atomic E-state index is 11.5. The van der Waals surface area contributed by atoms with Gasteiger partial charge in [0.05, 0.1) is 0 Å². The molecule has 1 aromatic rings. The number of hydrogen-bond acceptors (Lipinski definition) is 4. The van der Waals surface area contributed by atoms with E-state index in [1.165, 1.54) is 5.56 Å². The second kappa shape index (κ2) is 6.47. The van der Waals surface area contributed by atoms with Gasteiger partial charge in [-0.3, -0.25) is 9.48 Å². The minimum absolute atomic E-state index is 0.188. The van der Waals surface area contributed by atoms with Crippen molar-refractivity contribution in [3.8, 4) is 0 Å². The standard InChI is InChI=1S/C15H26N4O2/c1-11(2)13-9-19(12(3)4)16-15(13)18-7-5-17(6-8-18)14(21)10-20/h9,11-12,20H,5-8,10H2,1-4H3. The van der Waals surface area contributed by atoms with Gasteiger partial charge in [0, 0.05) is 44.0 Å². The van der Waals surface area contributed by atoms with Crippen molar-refractivity contribution in [3.63, 3.8) is 0 Å². The van der Waals surface area contributed by atoms with E-state index in [0.29, 0.717) is 25.0 Å². The van der Waals surface area contributed by atoms with E-state index < -0.39 is 6.61 Å². The molecule has 0 aliphatic carbocycles. The molecule has 118 valence electrons. The highest BCUT2D eigenvalue weighted by Crippen LogP contribution is 2.28. The summed E-state index contributed by atoms with van der Waals surface area (Å²) in [6, 6.07) is 0.341. The highest BCUT2D eigenvalue weighted by atomic mass is 16.3. The van der Waals surface area contributed by atoms with Gasteiger partial charge in [0.15, 0.2) is 5.82 Å². The van der Waals surface area contributed by atoms with Crippen LogP contribution in [0.5, 0.6) is 0 Å². The van der Waals surface area contributed by atoms with E-state index in [0.717, 1.165) is 18.9 Å². The lowest BCUT2D eigenvalue weighted by atomic mass is 10.1. The Labute approximate surface area is 126 Å². The number of nitrogens with zero attached hydrogens (tertiary/aromatic N) is 4. The quantitative estimate of drug-likeness (QED) is 0.907. The SMILES string of the molecule is CC(C)c1cn(C(C)C)nc1N1CCN(C(=O)CO)CC1. The van der Waals surface area contributed by atoms with Crippen LogP contribution < -0.4 is 4.90 Å². The molecule has 1 amide bonds. The molecule has 2 rings (SSSR count). The molecule has 0 aromatic carbocycles. The predicted molar refractivity (Wildman–Crippen MR) is 82.6 cm³/mol. The summed E-state index contributed by atoms with van der Waals surface area (Å²) in [5.41, 5.74) is 1.26. The Kier molecular flexibility index (Phi) is 4.88. The Morgan fingerprint density at radius 3 is 2.33 bits per heavy atom. The van der Waals surface area contributed by atoms with Gasteiger partial charge in [-0.2, -0.15) is 5.10 Å². The summed E-state index contributed by atoms with van der Waals surface area (Å²) < 4.78 is 2.01. The Hall–Kier alpha value is -1.56. The molecule has 0 saturated carbocycles. The molecule has 0 radical (unpaired) electrons. The van der Waals surface area contributed by atoms with Gasteiger partial charge in [-0.1, -0.05) is 13.8 Å². The first-order valence-corrected chi connectivity index (χ1v) is 7.66. The van der Waals surface area contributed by atoms with Crippen LogP contribution in [-0.4, -0.2) is 58.5 Å². The molecule has 21 heavy (non-hydrogen) atoms. The molecular formula is C15H26N4O2. The van der Waals surface area contributed by atoms with Gasteiger partial charge in [0.25, 0.3) is 0 Å². The van der Waals surface area contributed by atoms with Gasteiger partial charge >= 0.3 is 0 Å². The molecule has 2 heterocycles. The maximum absolute atomic E-state index is 11.5. The summed E-state index contributed by atoms with van der Waals surface area (Å²) in [6.45, 7) is 11.0. The zero-order valence-corrected chi connectivity index (χ0v) is 13.4. The molecule has 6 heteroatoms. The fraction of sp³-hybridized carbons (Fsp3) is 0.733. The van der Waals surface area contributed by atoms with E-state index in [-0.39, 0.29) is 5.91 Å². The van der Waals surface area contributed by atoms with Crippen molar-refractivity contribution in [1.82, 2.24) is 14.7 Å². The molecule has 0 atom stereocenters. The van der Waals surface area contributed by atoms with E-state index in [9.17, 15) is 4.79 Å². The first-order valence-electron chi connectivity index (χ1n) is 7.66. The number of rotatable bonds is 4. The van der Waals surface area contributed by atoms with Crippen LogP contribution in [0.25, 0.3) is 0 Å². The topological polar surface area (TPSA) is 61.6 Å². The minimum Gasteiger partial charge on any atom is -0.387 e. The van der Waals surface area contributed by atoms with Crippen LogP contribution in [0.2, 0.25) is 0 Å². The third-order valence-electron chi connectivity index (χ3n) is 3.96. The van der Waals surface area contributed by atoms with Crippen LogP contribution in [0.4, 0.5) is 5.82 Å². The molecule has 0 spiro atoms. The number of aliphatic hydroxyl groups excluding tert-OH is 1. The van der Waals surface area contributed by atoms with Crippen molar-refractivity contribution in [3.05, 3.63) is 11.8 Å². The van der Waals surface area contributed by atoms with Crippen molar-refractivity contribution in [1.29, 1.82) is 0 Å². The lowest BCUT2D eigenvalue weighted by Crippen LogP contribution is -2.50. The Balaban J connectivity index is 2.14. The molecule has 1 aliphatic rings. The third kappa shape index (κ3) is 3.37. The summed E-state index contributed by atoms with van der Waals surface area (Å²) in [5, 5.41) is 13.7. The molecule has 0 bridgehead atoms. The molecular weight excluding hydrogens is 268 g/mol. The van der Waals surface area contributed by atoms with Gasteiger partial charge in [0.1, 0.15) is 6.61 Å². The molecule has 1 fully saturated rings. The van der Waals surface area contributed by atoms with E-state index in [2.05, 4.69) is 38.8 Å². The predicted octanol–water partition coefficient (Wildman–Crippen LogP) is 1.23. The highest BCUT2D eigenvalue weighted by Gasteiger charge is 2.25. The minimum atomic E-state index is -0.404. The summed E-state index contributed by atoms with van der Waals surface area (Å²) >= 11 is 0. The lowest BCUT2D eigenvalue weighted by molar-refractivity contribution is -0.134. The number of aromatic nitrogens is 2. The van der Waals surface area contributed by atoms with E-state index in [1.807, 2.05) is 4.68 Å². The number of piperazine rings is 1. The Bertz CT molecular complexity index is 488. The largest absolute Gasteiger partial charge is 0.387 e. The number of amides is 1. The Morgan fingerprint density at radius 2 is 1.86 bits per heavy atom. The van der Waals surface area contributed by atoms with Crippen LogP contribution in [0.1, 0.15) is 45.2 Å². The second-order valence-corrected chi connectivity index (χ2v) is 6.16. The Morgan fingerprint density at radius 1 is 1.24 bits per heavy atom. The zero-order chi connectivity index (χ0) is 15.6. The summed E-state index contributed by atoms with van der Waals surface area (Å²) in [4.78, 5) is 15.5. The number of anilines is 1. The van der Waals surface area contributed by atoms with Crippen LogP contribution in [0, 0.1) is 0 Å². The molecule has 1 N–H and O–H groups in total. The molecule has 6 nitrogen and oxygen atoms in total. The zero-order valence-electron chi connectivity index (χ0n) is 13.4. The van der Waals surface area contributed by atoms with Crippen LogP contribution in [-0.2, 0) is 4.79 Å². The molecule has 1 aliphatic heterocycles. The third-order valence-corrected chi connectivity index (χ3v) is 3.96. The number of hydrogen-bond donors (Lipinski definition) is 1. The van der Waals surface area contributed by atoms with Gasteiger partial charge < -0.3 is 14.9 Å². The van der Waals surface area contributed by atoms with E-state index in [1.54, 1.807) is 4.90 Å². The first kappa shape index (κ1) is 15.8. The van der Waals surface area contributed by atoms with Gasteiger partial charge in [-0.05, 0) is 19.8 Å². The van der Waals surface area contributed by atoms with E-state index >= 15 is 0 Å². The van der Waals surface area contributed by atoms with Crippen LogP contribution >= 0.6 is 0 Å². The summed E-state index contributed by atoms with van der Waals surface area (Å²) in [5.74, 6) is 1.27. The van der Waals surface area contributed by atoms with E-state index in [4.69, 9.17) is 10.2 Å².